The number of anilines is 2. The maximum absolute atomic E-state index is 4.61. The molecule has 0 saturated carbocycles. The predicted molar refractivity (Wildman–Crippen MR) is 90.5 cm³/mol. The molecule has 25 heavy (non-hydrogen) atoms. The first-order valence-electron chi connectivity index (χ1n) is 8.11. The molecule has 10 nitrogen and oxygen atoms in total. The van der Waals surface area contributed by atoms with Crippen molar-refractivity contribution in [2.45, 2.75) is 6.92 Å². The van der Waals surface area contributed by atoms with Crippen molar-refractivity contribution in [2.24, 2.45) is 5.92 Å². The van der Waals surface area contributed by atoms with Gasteiger partial charge in [-0.25, -0.2) is 0 Å². The highest BCUT2D eigenvalue weighted by Crippen LogP contribution is 2.23. The Bertz CT molecular complexity index is 1040. The molecule has 126 valence electrons. The summed E-state index contributed by atoms with van der Waals surface area (Å²) in [5.41, 5.74) is 1.52. The smallest absolute Gasteiger partial charge is 0.178 e. The van der Waals surface area contributed by atoms with Crippen molar-refractivity contribution in [3.8, 4) is 0 Å². The highest BCUT2D eigenvalue weighted by Gasteiger charge is 2.28. The topological polar surface area (TPSA) is 101 Å². The predicted octanol–water partition coefficient (Wildman–Crippen LogP) is 0.419. The minimum Gasteiger partial charge on any atom is -0.368 e. The molecule has 4 aromatic heterocycles. The average molecular weight is 336 g/mol. The second kappa shape index (κ2) is 5.36. The van der Waals surface area contributed by atoms with Crippen LogP contribution in [0.25, 0.3) is 11.3 Å². The number of nitrogens with one attached hydrogen (secondary N) is 1. The summed E-state index contributed by atoms with van der Waals surface area (Å²) in [5.74, 6) is 3.13. The van der Waals surface area contributed by atoms with Crippen LogP contribution in [0.2, 0.25) is 0 Å². The van der Waals surface area contributed by atoms with E-state index in [1.54, 1.807) is 15.4 Å². The lowest BCUT2D eigenvalue weighted by Crippen LogP contribution is -2.50. The van der Waals surface area contributed by atoms with Crippen LogP contribution in [-0.4, -0.2) is 59.3 Å². The van der Waals surface area contributed by atoms with Crippen molar-refractivity contribution in [1.29, 1.82) is 0 Å². The Balaban J connectivity index is 1.21. The number of fused-ring (bicyclic) bond motifs is 2. The third-order valence-corrected chi connectivity index (χ3v) is 4.42. The van der Waals surface area contributed by atoms with E-state index >= 15 is 0 Å². The Morgan fingerprint density at radius 1 is 1.04 bits per heavy atom. The van der Waals surface area contributed by atoms with Gasteiger partial charge in [-0.3, -0.25) is 0 Å². The summed E-state index contributed by atoms with van der Waals surface area (Å²) in [6, 6.07) is 7.77. The van der Waals surface area contributed by atoms with E-state index in [2.05, 4.69) is 40.8 Å². The van der Waals surface area contributed by atoms with Crippen molar-refractivity contribution in [1.82, 2.24) is 39.6 Å². The third-order valence-electron chi connectivity index (χ3n) is 4.42. The zero-order valence-electron chi connectivity index (χ0n) is 13.6. The minimum absolute atomic E-state index is 0.554. The summed E-state index contributed by atoms with van der Waals surface area (Å²) < 4.78 is 3.44. The van der Waals surface area contributed by atoms with Gasteiger partial charge in [0.2, 0.25) is 0 Å². The van der Waals surface area contributed by atoms with Gasteiger partial charge in [0.05, 0.1) is 0 Å². The van der Waals surface area contributed by atoms with Gasteiger partial charge in [-0.15, -0.1) is 30.6 Å². The van der Waals surface area contributed by atoms with Crippen molar-refractivity contribution >= 4 is 22.9 Å². The van der Waals surface area contributed by atoms with Gasteiger partial charge in [0, 0.05) is 25.6 Å². The van der Waals surface area contributed by atoms with Crippen molar-refractivity contribution in [3.05, 3.63) is 36.4 Å². The largest absolute Gasteiger partial charge is 0.368 e. The Kier molecular flexibility index (Phi) is 3.02. The molecule has 1 saturated heterocycles. The van der Waals surface area contributed by atoms with Crippen molar-refractivity contribution < 1.29 is 0 Å². The minimum atomic E-state index is 0.554. The molecule has 0 aliphatic carbocycles. The van der Waals surface area contributed by atoms with Crippen molar-refractivity contribution in [3.63, 3.8) is 0 Å². The summed E-state index contributed by atoms with van der Waals surface area (Å²) in [6.07, 6.45) is 1.60. The van der Waals surface area contributed by atoms with E-state index in [9.17, 15) is 0 Å². The van der Waals surface area contributed by atoms with Gasteiger partial charge < -0.3 is 10.2 Å². The van der Waals surface area contributed by atoms with Gasteiger partial charge in [0.1, 0.15) is 18.0 Å². The molecule has 0 spiro atoms. The van der Waals surface area contributed by atoms with Crippen LogP contribution in [0.4, 0.5) is 11.6 Å². The standard InChI is InChI=1S/C15H16N10/c1-10-18-20-14-4-5-15(22-25(10)14)23-7-11(8-23)6-16-12-2-3-13-19-17-9-24(13)21-12/h2-5,9,11H,6-8H2,1H3,(H,16,21). The van der Waals surface area contributed by atoms with Gasteiger partial charge in [-0.05, 0) is 31.2 Å². The molecule has 0 amide bonds. The summed E-state index contributed by atoms with van der Waals surface area (Å²) in [7, 11) is 0. The molecule has 0 bridgehead atoms. The fraction of sp³-hybridized carbons (Fsp3) is 0.333. The molecule has 1 fully saturated rings. The van der Waals surface area contributed by atoms with E-state index in [1.165, 1.54) is 0 Å². The normalized spacial score (nSPS) is 15.0. The lowest BCUT2D eigenvalue weighted by molar-refractivity contribution is 0.424. The summed E-state index contributed by atoms with van der Waals surface area (Å²) in [5, 5.41) is 28.3. The van der Waals surface area contributed by atoms with Crippen LogP contribution in [0.5, 0.6) is 0 Å². The zero-order chi connectivity index (χ0) is 16.8. The van der Waals surface area contributed by atoms with Gasteiger partial charge in [-0.2, -0.15) is 9.03 Å². The second-order valence-electron chi connectivity index (χ2n) is 6.21. The molecule has 1 N–H and O–H groups in total. The van der Waals surface area contributed by atoms with Crippen LogP contribution in [-0.2, 0) is 0 Å². The first-order valence-corrected chi connectivity index (χ1v) is 8.11. The zero-order valence-corrected chi connectivity index (χ0v) is 13.6. The number of aryl methyl sites for hydroxylation is 1. The van der Waals surface area contributed by atoms with Gasteiger partial charge in [0.15, 0.2) is 17.1 Å². The fourth-order valence-electron chi connectivity index (χ4n) is 3.01. The molecule has 5 heterocycles. The number of rotatable bonds is 4. The van der Waals surface area contributed by atoms with Crippen LogP contribution in [0.1, 0.15) is 5.82 Å². The first kappa shape index (κ1) is 14.1. The molecule has 4 aromatic rings. The van der Waals surface area contributed by atoms with Crippen LogP contribution >= 0.6 is 0 Å². The Morgan fingerprint density at radius 2 is 1.92 bits per heavy atom. The van der Waals surface area contributed by atoms with E-state index in [0.29, 0.717) is 5.92 Å². The molecule has 0 radical (unpaired) electrons. The lowest BCUT2D eigenvalue weighted by atomic mass is 10.0. The van der Waals surface area contributed by atoms with Gasteiger partial charge in [0.25, 0.3) is 0 Å². The average Bonchev–Trinajstić information content (AvgIpc) is 3.20. The van der Waals surface area contributed by atoms with Gasteiger partial charge in [-0.1, -0.05) is 0 Å². The quantitative estimate of drug-likeness (QED) is 0.572. The number of aromatic nitrogens is 8. The Hall–Kier alpha value is -3.30. The Labute approximate surface area is 142 Å². The van der Waals surface area contributed by atoms with Crippen LogP contribution in [0.3, 0.4) is 0 Å². The molecular weight excluding hydrogens is 320 g/mol. The maximum atomic E-state index is 4.61. The second-order valence-corrected chi connectivity index (χ2v) is 6.21. The molecule has 5 rings (SSSR count). The summed E-state index contributed by atoms with van der Waals surface area (Å²) >= 11 is 0. The number of nitrogens with zero attached hydrogens (tertiary/aromatic N) is 9. The highest BCUT2D eigenvalue weighted by molar-refractivity contribution is 5.48. The monoisotopic (exact) mass is 336 g/mol. The summed E-state index contributed by atoms with van der Waals surface area (Å²) in [6.45, 7) is 4.69. The van der Waals surface area contributed by atoms with E-state index in [-0.39, 0.29) is 0 Å². The van der Waals surface area contributed by atoms with E-state index in [4.69, 9.17) is 0 Å². The van der Waals surface area contributed by atoms with E-state index in [1.807, 2.05) is 31.2 Å². The van der Waals surface area contributed by atoms with Gasteiger partial charge >= 0.3 is 0 Å². The van der Waals surface area contributed by atoms with Crippen LogP contribution in [0, 0.1) is 12.8 Å². The number of hydrogen-bond acceptors (Lipinski definition) is 8. The number of hydrogen-bond donors (Lipinski definition) is 1. The SMILES string of the molecule is Cc1nnc2ccc(N3CC(CNc4ccc5nncn5n4)C3)nn12. The Morgan fingerprint density at radius 3 is 2.84 bits per heavy atom. The first-order chi connectivity index (χ1) is 12.3. The molecule has 10 heteroatoms. The maximum Gasteiger partial charge on any atom is 0.178 e. The molecule has 0 atom stereocenters. The molecule has 0 unspecified atom stereocenters. The van der Waals surface area contributed by atoms with E-state index < -0.39 is 0 Å². The molecular formula is C15H16N10. The lowest BCUT2D eigenvalue weighted by Gasteiger charge is -2.40. The van der Waals surface area contributed by atoms with Crippen LogP contribution in [0.15, 0.2) is 30.6 Å². The van der Waals surface area contributed by atoms with Crippen LogP contribution < -0.4 is 10.2 Å². The summed E-state index contributed by atoms with van der Waals surface area (Å²) in [4.78, 5) is 2.25. The highest BCUT2D eigenvalue weighted by atomic mass is 15.4. The van der Waals surface area contributed by atoms with E-state index in [0.717, 1.165) is 48.4 Å². The third kappa shape index (κ3) is 2.42. The fourth-order valence-corrected chi connectivity index (χ4v) is 3.01. The molecule has 1 aliphatic rings. The molecule has 0 aromatic carbocycles. The molecule has 1 aliphatic heterocycles. The van der Waals surface area contributed by atoms with Crippen molar-refractivity contribution in [2.75, 3.05) is 29.9 Å².